The molecule has 0 aliphatic carbocycles. The number of nitrogens with zero attached hydrogens (tertiary/aromatic N) is 2. The van der Waals surface area contributed by atoms with Crippen molar-refractivity contribution in [3.63, 3.8) is 0 Å². The first-order valence-corrected chi connectivity index (χ1v) is 9.83. The maximum absolute atomic E-state index is 13.7. The van der Waals surface area contributed by atoms with E-state index in [1.807, 2.05) is 0 Å². The predicted molar refractivity (Wildman–Crippen MR) is 112 cm³/mol. The van der Waals surface area contributed by atoms with E-state index < -0.39 is 5.92 Å². The maximum Gasteiger partial charge on any atom is 0.259 e. The zero-order chi connectivity index (χ0) is 22.4. The highest BCUT2D eigenvalue weighted by molar-refractivity contribution is 5.61. The van der Waals surface area contributed by atoms with Crippen molar-refractivity contribution in [1.29, 1.82) is 5.26 Å². The molecule has 0 bridgehead atoms. The van der Waals surface area contributed by atoms with Crippen LogP contribution in [0, 0.1) is 18.3 Å². The minimum absolute atomic E-state index is 0.0516. The van der Waals surface area contributed by atoms with E-state index in [0.29, 0.717) is 45.6 Å². The summed E-state index contributed by atoms with van der Waals surface area (Å²) in [5.41, 5.74) is 7.47. The van der Waals surface area contributed by atoms with Crippen molar-refractivity contribution in [2.45, 2.75) is 19.4 Å². The van der Waals surface area contributed by atoms with Crippen molar-refractivity contribution in [2.24, 2.45) is 5.73 Å². The summed E-state index contributed by atoms with van der Waals surface area (Å²) in [5.74, 6) is 1.48. The summed E-state index contributed by atoms with van der Waals surface area (Å²) in [6.45, 7) is 2.09. The summed E-state index contributed by atoms with van der Waals surface area (Å²) in [6.07, 6.45) is 1.55. The number of hydrogen-bond acceptors (Lipinski definition) is 8. The Morgan fingerprint density at radius 1 is 1.28 bits per heavy atom. The van der Waals surface area contributed by atoms with Crippen LogP contribution >= 0.6 is 0 Å². The molecule has 0 saturated carbocycles. The van der Waals surface area contributed by atoms with E-state index in [1.54, 1.807) is 48.1 Å². The second-order valence-corrected chi connectivity index (χ2v) is 7.42. The summed E-state index contributed by atoms with van der Waals surface area (Å²) < 4.78 is 29.2. The van der Waals surface area contributed by atoms with E-state index in [9.17, 15) is 10.1 Å². The average Bonchev–Trinajstić information content (AvgIpc) is 3.46. The van der Waals surface area contributed by atoms with Crippen molar-refractivity contribution in [3.05, 3.63) is 81.0 Å². The van der Waals surface area contributed by atoms with Crippen LogP contribution in [0.5, 0.6) is 23.0 Å². The Labute approximate surface area is 182 Å². The largest absolute Gasteiger partial charge is 0.493 e. The Balaban J connectivity index is 1.74. The number of hydrogen-bond donors (Lipinski definition) is 1. The second-order valence-electron chi connectivity index (χ2n) is 7.42. The van der Waals surface area contributed by atoms with Crippen LogP contribution in [0.2, 0.25) is 0 Å². The number of furan rings is 1. The van der Waals surface area contributed by atoms with Gasteiger partial charge in [0.25, 0.3) is 5.56 Å². The van der Waals surface area contributed by atoms with Crippen LogP contribution in [-0.2, 0) is 6.54 Å². The number of rotatable bonds is 4. The molecule has 4 heterocycles. The van der Waals surface area contributed by atoms with Crippen molar-refractivity contribution in [1.82, 2.24) is 4.57 Å². The van der Waals surface area contributed by atoms with Gasteiger partial charge in [0.2, 0.25) is 18.4 Å². The number of aryl methyl sites for hydroxylation is 1. The molecule has 9 nitrogen and oxygen atoms in total. The van der Waals surface area contributed by atoms with Crippen LogP contribution in [0.3, 0.4) is 0 Å². The highest BCUT2D eigenvalue weighted by Crippen LogP contribution is 2.47. The molecule has 5 rings (SSSR count). The van der Waals surface area contributed by atoms with Gasteiger partial charge in [0.05, 0.1) is 31.4 Å². The highest BCUT2D eigenvalue weighted by Gasteiger charge is 2.36. The summed E-state index contributed by atoms with van der Waals surface area (Å²) >= 11 is 0. The molecular weight excluding hydrogens is 414 g/mol. The third-order valence-electron chi connectivity index (χ3n) is 5.60. The zero-order valence-corrected chi connectivity index (χ0v) is 17.4. The molecule has 0 fully saturated rings. The standard InChI is InChI=1S/C23H19N3O6/c1-12-6-16-20(23(27)26(12)10-14-4-3-5-29-14)19(15(9-24)22(25)32-16)13-7-17(28-2)21-18(8-13)30-11-31-21/h3-8,19H,10-11,25H2,1-2H3/t19-/m0/s1. The lowest BCUT2D eigenvalue weighted by molar-refractivity contribution is 0.171. The smallest absolute Gasteiger partial charge is 0.259 e. The van der Waals surface area contributed by atoms with Gasteiger partial charge in [-0.25, -0.2) is 0 Å². The van der Waals surface area contributed by atoms with E-state index >= 15 is 0 Å². The number of aromatic nitrogens is 1. The van der Waals surface area contributed by atoms with Crippen molar-refractivity contribution < 1.29 is 23.4 Å². The first-order valence-electron chi connectivity index (χ1n) is 9.83. The fraction of sp³-hybridized carbons (Fsp3) is 0.217. The average molecular weight is 433 g/mol. The monoisotopic (exact) mass is 433 g/mol. The first kappa shape index (κ1) is 19.6. The van der Waals surface area contributed by atoms with Gasteiger partial charge in [-0.2, -0.15) is 5.26 Å². The second kappa shape index (κ2) is 7.42. The molecule has 1 atom stereocenters. The number of allylic oxidation sites excluding steroid dienone is 1. The number of ether oxygens (including phenoxy) is 4. The molecule has 0 unspecified atom stereocenters. The predicted octanol–water partition coefficient (Wildman–Crippen LogP) is 2.75. The van der Waals surface area contributed by atoms with Gasteiger partial charge in [0.1, 0.15) is 23.2 Å². The van der Waals surface area contributed by atoms with E-state index in [0.717, 1.165) is 0 Å². The topological polar surface area (TPSA) is 122 Å². The van der Waals surface area contributed by atoms with Crippen LogP contribution in [0.1, 0.15) is 28.5 Å². The van der Waals surface area contributed by atoms with Gasteiger partial charge in [0.15, 0.2) is 11.5 Å². The van der Waals surface area contributed by atoms with Crippen LogP contribution in [-0.4, -0.2) is 18.5 Å². The molecule has 3 aromatic rings. The molecule has 2 aliphatic heterocycles. The highest BCUT2D eigenvalue weighted by atomic mass is 16.7. The SMILES string of the molecule is COc1cc([C@H]2C(C#N)=C(N)Oc3cc(C)n(Cc4ccco4)c(=O)c32)cc2c1OCO2. The van der Waals surface area contributed by atoms with Crippen molar-refractivity contribution in [2.75, 3.05) is 13.9 Å². The minimum Gasteiger partial charge on any atom is -0.493 e. The van der Waals surface area contributed by atoms with E-state index in [1.165, 1.54) is 7.11 Å². The number of nitriles is 1. The maximum atomic E-state index is 13.7. The quantitative estimate of drug-likeness (QED) is 0.667. The van der Waals surface area contributed by atoms with Crippen LogP contribution in [0.15, 0.2) is 57.3 Å². The Bertz CT molecular complexity index is 1350. The van der Waals surface area contributed by atoms with Crippen LogP contribution in [0.4, 0.5) is 0 Å². The molecule has 1 aromatic carbocycles. The van der Waals surface area contributed by atoms with Gasteiger partial charge in [-0.3, -0.25) is 4.79 Å². The van der Waals surface area contributed by atoms with E-state index in [2.05, 4.69) is 6.07 Å². The molecule has 2 aromatic heterocycles. The number of fused-ring (bicyclic) bond motifs is 2. The summed E-state index contributed by atoms with van der Waals surface area (Å²) in [7, 11) is 1.51. The number of nitrogens with two attached hydrogens (primary N) is 1. The lowest BCUT2D eigenvalue weighted by atomic mass is 9.83. The molecule has 0 radical (unpaired) electrons. The van der Waals surface area contributed by atoms with Crippen molar-refractivity contribution >= 4 is 0 Å². The van der Waals surface area contributed by atoms with Gasteiger partial charge in [-0.05, 0) is 36.8 Å². The lowest BCUT2D eigenvalue weighted by Crippen LogP contribution is -2.33. The summed E-state index contributed by atoms with van der Waals surface area (Å²) in [6, 6.07) is 10.8. The fourth-order valence-corrected chi connectivity index (χ4v) is 4.09. The third-order valence-corrected chi connectivity index (χ3v) is 5.60. The Kier molecular flexibility index (Phi) is 4.56. The minimum atomic E-state index is -0.775. The summed E-state index contributed by atoms with van der Waals surface area (Å²) in [5, 5.41) is 9.88. The number of benzene rings is 1. The molecule has 0 spiro atoms. The molecule has 0 amide bonds. The molecular formula is C23H19N3O6. The molecule has 2 N–H and O–H groups in total. The lowest BCUT2D eigenvalue weighted by Gasteiger charge is -2.27. The molecule has 9 heteroatoms. The zero-order valence-electron chi connectivity index (χ0n) is 17.4. The molecule has 162 valence electrons. The van der Waals surface area contributed by atoms with E-state index in [4.69, 9.17) is 29.1 Å². The fourth-order valence-electron chi connectivity index (χ4n) is 4.09. The molecule has 2 aliphatic rings. The number of pyridine rings is 1. The van der Waals surface area contributed by atoms with Crippen molar-refractivity contribution in [3.8, 4) is 29.1 Å². The van der Waals surface area contributed by atoms with E-state index in [-0.39, 0.29) is 30.4 Å². The molecule has 0 saturated heterocycles. The number of methoxy groups -OCH3 is 1. The van der Waals surface area contributed by atoms with Gasteiger partial charge in [-0.15, -0.1) is 0 Å². The first-order chi connectivity index (χ1) is 15.5. The van der Waals surface area contributed by atoms with Crippen LogP contribution < -0.4 is 30.2 Å². The Morgan fingerprint density at radius 3 is 2.84 bits per heavy atom. The summed E-state index contributed by atoms with van der Waals surface area (Å²) in [4.78, 5) is 13.7. The van der Waals surface area contributed by atoms with Crippen LogP contribution in [0.25, 0.3) is 0 Å². The van der Waals surface area contributed by atoms with Gasteiger partial charge in [-0.1, -0.05) is 0 Å². The van der Waals surface area contributed by atoms with Gasteiger partial charge < -0.3 is 33.7 Å². The Hall–Kier alpha value is -4.32. The van der Waals surface area contributed by atoms with Gasteiger partial charge in [0, 0.05) is 11.8 Å². The Morgan fingerprint density at radius 2 is 2.12 bits per heavy atom. The van der Waals surface area contributed by atoms with Gasteiger partial charge >= 0.3 is 0 Å². The molecule has 32 heavy (non-hydrogen) atoms. The third kappa shape index (κ3) is 2.96. The normalized spacial score (nSPS) is 16.3.